The van der Waals surface area contributed by atoms with E-state index in [1.807, 2.05) is 0 Å². The SMILES string of the molecule is CCCCCCCCCCC(O)(OCCCNCCO)C(=O)O. The van der Waals surface area contributed by atoms with Gasteiger partial charge in [0.25, 0.3) is 5.79 Å². The van der Waals surface area contributed by atoms with Crippen molar-refractivity contribution < 1.29 is 24.9 Å². The molecule has 0 amide bonds. The highest BCUT2D eigenvalue weighted by Crippen LogP contribution is 2.19. The van der Waals surface area contributed by atoms with Crippen LogP contribution in [-0.4, -0.2) is 53.4 Å². The lowest BCUT2D eigenvalue weighted by atomic mass is 10.0. The molecule has 0 aliphatic heterocycles. The number of carboxylic acids is 1. The number of carboxylic acid groups (broad SMARTS) is 1. The van der Waals surface area contributed by atoms with Crippen LogP contribution in [0.3, 0.4) is 0 Å². The molecule has 0 heterocycles. The summed E-state index contributed by atoms with van der Waals surface area (Å²) >= 11 is 0. The standard InChI is InChI=1S/C17H35NO5/c1-2-3-4-5-6-7-8-9-11-17(22,16(20)21)23-15-10-12-18-13-14-19/h18-19,22H,2-15H2,1H3,(H,20,21). The van der Waals surface area contributed by atoms with Crippen molar-refractivity contribution in [2.45, 2.75) is 76.9 Å². The Balaban J connectivity index is 3.76. The molecule has 4 N–H and O–H groups in total. The van der Waals surface area contributed by atoms with Crippen molar-refractivity contribution in [1.29, 1.82) is 0 Å². The van der Waals surface area contributed by atoms with Gasteiger partial charge in [-0.05, 0) is 19.4 Å². The first-order valence-electron chi connectivity index (χ1n) is 8.98. The predicted molar refractivity (Wildman–Crippen MR) is 90.3 cm³/mol. The highest BCUT2D eigenvalue weighted by molar-refractivity contribution is 5.75. The normalized spacial score (nSPS) is 13.9. The van der Waals surface area contributed by atoms with Crippen LogP contribution in [0.1, 0.15) is 71.1 Å². The van der Waals surface area contributed by atoms with Crippen LogP contribution in [0.2, 0.25) is 0 Å². The van der Waals surface area contributed by atoms with Crippen molar-refractivity contribution in [1.82, 2.24) is 5.32 Å². The lowest BCUT2D eigenvalue weighted by molar-refractivity contribution is -0.226. The van der Waals surface area contributed by atoms with E-state index in [1.165, 1.54) is 32.1 Å². The molecule has 0 rings (SSSR count). The van der Waals surface area contributed by atoms with Crippen molar-refractivity contribution in [3.8, 4) is 0 Å². The first kappa shape index (κ1) is 22.3. The minimum absolute atomic E-state index is 0.0678. The van der Waals surface area contributed by atoms with E-state index in [2.05, 4.69) is 12.2 Å². The third-order valence-corrected chi connectivity index (χ3v) is 3.83. The molecule has 1 unspecified atom stereocenters. The number of rotatable bonds is 17. The smallest absolute Gasteiger partial charge is 0.364 e. The van der Waals surface area contributed by atoms with Crippen LogP contribution in [-0.2, 0) is 9.53 Å². The van der Waals surface area contributed by atoms with E-state index in [0.717, 1.165) is 12.8 Å². The molecule has 23 heavy (non-hydrogen) atoms. The van der Waals surface area contributed by atoms with Crippen molar-refractivity contribution >= 4 is 5.97 Å². The highest BCUT2D eigenvalue weighted by atomic mass is 16.6. The summed E-state index contributed by atoms with van der Waals surface area (Å²) in [5.41, 5.74) is 0. The van der Waals surface area contributed by atoms with Crippen LogP contribution in [0.25, 0.3) is 0 Å². The summed E-state index contributed by atoms with van der Waals surface area (Å²) in [5.74, 6) is -3.39. The Morgan fingerprint density at radius 3 is 2.17 bits per heavy atom. The van der Waals surface area contributed by atoms with Gasteiger partial charge in [-0.2, -0.15) is 0 Å². The number of nitrogens with one attached hydrogen (secondary N) is 1. The number of unbranched alkanes of at least 4 members (excludes halogenated alkanes) is 7. The molecule has 0 aromatic heterocycles. The molecular formula is C17H35NO5. The molecule has 0 aromatic rings. The molecule has 0 aliphatic rings. The van der Waals surface area contributed by atoms with Gasteiger partial charge in [-0.15, -0.1) is 0 Å². The molecule has 1 atom stereocenters. The largest absolute Gasteiger partial charge is 0.477 e. The Labute approximate surface area is 140 Å². The molecule has 0 saturated carbocycles. The van der Waals surface area contributed by atoms with E-state index in [4.69, 9.17) is 14.9 Å². The fraction of sp³-hybridized carbons (Fsp3) is 0.941. The van der Waals surface area contributed by atoms with Gasteiger partial charge in [0.15, 0.2) is 0 Å². The van der Waals surface area contributed by atoms with Crippen LogP contribution in [0.4, 0.5) is 0 Å². The van der Waals surface area contributed by atoms with Crippen LogP contribution in [0.15, 0.2) is 0 Å². The maximum Gasteiger partial charge on any atom is 0.364 e. The first-order chi connectivity index (χ1) is 11.1. The van der Waals surface area contributed by atoms with Crippen LogP contribution in [0.5, 0.6) is 0 Å². The number of hydrogen-bond acceptors (Lipinski definition) is 5. The van der Waals surface area contributed by atoms with Crippen molar-refractivity contribution in [2.75, 3.05) is 26.3 Å². The molecule has 0 radical (unpaired) electrons. The number of aliphatic hydroxyl groups excluding tert-OH is 1. The third kappa shape index (κ3) is 12.4. The number of ether oxygens (including phenoxy) is 1. The van der Waals surface area contributed by atoms with E-state index < -0.39 is 11.8 Å². The van der Waals surface area contributed by atoms with Crippen LogP contribution >= 0.6 is 0 Å². The first-order valence-corrected chi connectivity index (χ1v) is 8.98. The summed E-state index contributed by atoms with van der Waals surface area (Å²) in [7, 11) is 0. The third-order valence-electron chi connectivity index (χ3n) is 3.83. The molecule has 0 spiro atoms. The Morgan fingerprint density at radius 2 is 1.61 bits per heavy atom. The maximum atomic E-state index is 11.2. The molecule has 6 heteroatoms. The highest BCUT2D eigenvalue weighted by Gasteiger charge is 2.36. The minimum Gasteiger partial charge on any atom is -0.477 e. The zero-order valence-corrected chi connectivity index (χ0v) is 14.6. The van der Waals surface area contributed by atoms with E-state index >= 15 is 0 Å². The summed E-state index contributed by atoms with van der Waals surface area (Å²) < 4.78 is 5.18. The van der Waals surface area contributed by atoms with E-state index in [-0.39, 0.29) is 19.6 Å². The minimum atomic E-state index is -2.07. The van der Waals surface area contributed by atoms with Crippen LogP contribution < -0.4 is 5.32 Å². The maximum absolute atomic E-state index is 11.2. The van der Waals surface area contributed by atoms with Gasteiger partial charge in [-0.3, -0.25) is 0 Å². The van der Waals surface area contributed by atoms with Gasteiger partial charge in [0, 0.05) is 13.0 Å². The monoisotopic (exact) mass is 333 g/mol. The summed E-state index contributed by atoms with van der Waals surface area (Å²) in [6.45, 7) is 3.56. The fourth-order valence-corrected chi connectivity index (χ4v) is 2.38. The van der Waals surface area contributed by atoms with Crippen molar-refractivity contribution in [3.05, 3.63) is 0 Å². The van der Waals surface area contributed by atoms with Crippen molar-refractivity contribution in [2.24, 2.45) is 0 Å². The Morgan fingerprint density at radius 1 is 1.00 bits per heavy atom. The molecule has 0 bridgehead atoms. The quantitative estimate of drug-likeness (QED) is 0.241. The van der Waals surface area contributed by atoms with Gasteiger partial charge in [0.1, 0.15) is 0 Å². The molecule has 6 nitrogen and oxygen atoms in total. The zero-order chi connectivity index (χ0) is 17.4. The second-order valence-corrected chi connectivity index (χ2v) is 5.99. The molecule has 0 aromatic carbocycles. The Kier molecular flexibility index (Phi) is 14.4. The molecular weight excluding hydrogens is 298 g/mol. The van der Waals surface area contributed by atoms with E-state index in [0.29, 0.717) is 25.9 Å². The lowest BCUT2D eigenvalue weighted by Crippen LogP contribution is -2.42. The summed E-state index contributed by atoms with van der Waals surface area (Å²) in [4.78, 5) is 11.2. The Hall–Kier alpha value is -0.690. The van der Waals surface area contributed by atoms with E-state index in [1.54, 1.807) is 0 Å². The topological polar surface area (TPSA) is 99.0 Å². The predicted octanol–water partition coefficient (Wildman–Crippen LogP) is 2.28. The van der Waals surface area contributed by atoms with Gasteiger partial charge >= 0.3 is 5.97 Å². The van der Waals surface area contributed by atoms with Gasteiger partial charge in [0.2, 0.25) is 0 Å². The molecule has 0 fully saturated rings. The fourth-order valence-electron chi connectivity index (χ4n) is 2.38. The van der Waals surface area contributed by atoms with Crippen LogP contribution in [0, 0.1) is 0 Å². The average Bonchev–Trinajstić information content (AvgIpc) is 2.53. The van der Waals surface area contributed by atoms with E-state index in [9.17, 15) is 9.90 Å². The second kappa shape index (κ2) is 14.9. The Bertz CT molecular complexity index is 288. The van der Waals surface area contributed by atoms with Gasteiger partial charge in [-0.1, -0.05) is 51.9 Å². The molecule has 138 valence electrons. The van der Waals surface area contributed by atoms with Crippen molar-refractivity contribution in [3.63, 3.8) is 0 Å². The zero-order valence-electron chi connectivity index (χ0n) is 14.6. The second-order valence-electron chi connectivity index (χ2n) is 5.99. The molecule has 0 saturated heterocycles. The number of aliphatic hydroxyl groups is 2. The summed E-state index contributed by atoms with van der Waals surface area (Å²) in [6.07, 6.45) is 9.54. The van der Waals surface area contributed by atoms with Gasteiger partial charge in [-0.25, -0.2) is 4.79 Å². The van der Waals surface area contributed by atoms with Gasteiger partial charge < -0.3 is 25.4 Å². The lowest BCUT2D eigenvalue weighted by Gasteiger charge is -2.23. The number of aliphatic carboxylic acids is 1. The molecule has 0 aliphatic carbocycles. The number of hydrogen-bond donors (Lipinski definition) is 4. The summed E-state index contributed by atoms with van der Waals surface area (Å²) in [5, 5.41) is 30.8. The summed E-state index contributed by atoms with van der Waals surface area (Å²) in [6, 6.07) is 0. The number of carbonyl (C=O) groups is 1. The van der Waals surface area contributed by atoms with Gasteiger partial charge in [0.05, 0.1) is 13.2 Å². The average molecular weight is 333 g/mol.